The summed E-state index contributed by atoms with van der Waals surface area (Å²) in [4.78, 5) is 12.0. The van der Waals surface area contributed by atoms with Crippen LogP contribution < -0.4 is 10.1 Å². The van der Waals surface area contributed by atoms with E-state index in [0.29, 0.717) is 25.1 Å². The van der Waals surface area contributed by atoms with Gasteiger partial charge in [-0.1, -0.05) is 35.9 Å². The molecule has 1 amide bonds. The number of aryl methyl sites for hydroxylation is 1. The number of aliphatic hydroxyl groups is 1. The van der Waals surface area contributed by atoms with Crippen molar-refractivity contribution in [2.75, 3.05) is 13.7 Å². The summed E-state index contributed by atoms with van der Waals surface area (Å²) in [7, 11) is 1.49. The molecule has 0 spiro atoms. The van der Waals surface area contributed by atoms with E-state index in [1.54, 1.807) is 18.2 Å². The van der Waals surface area contributed by atoms with Gasteiger partial charge in [0.15, 0.2) is 11.5 Å². The van der Waals surface area contributed by atoms with Crippen molar-refractivity contribution in [3.63, 3.8) is 0 Å². The van der Waals surface area contributed by atoms with Gasteiger partial charge < -0.3 is 20.3 Å². The zero-order valence-corrected chi connectivity index (χ0v) is 14.0. The monoisotopic (exact) mass is 329 g/mol. The number of phenols is 1. The molecule has 0 aliphatic rings. The molecule has 0 aliphatic carbocycles. The van der Waals surface area contributed by atoms with Crippen molar-refractivity contribution in [1.29, 1.82) is 0 Å². The molecule has 0 radical (unpaired) electrons. The molecule has 5 heteroatoms. The third kappa shape index (κ3) is 4.99. The van der Waals surface area contributed by atoms with Crippen LogP contribution >= 0.6 is 0 Å². The predicted molar refractivity (Wildman–Crippen MR) is 92.3 cm³/mol. The first-order chi connectivity index (χ1) is 11.5. The number of hydrogen-bond donors (Lipinski definition) is 3. The van der Waals surface area contributed by atoms with Gasteiger partial charge in [-0.25, -0.2) is 0 Å². The Morgan fingerprint density at radius 1 is 1.17 bits per heavy atom. The molecule has 128 valence electrons. The zero-order chi connectivity index (χ0) is 17.5. The number of ether oxygens (including phenoxy) is 1. The number of aromatic hydroxyl groups is 1. The van der Waals surface area contributed by atoms with E-state index in [9.17, 15) is 15.0 Å². The minimum atomic E-state index is -1.07. The molecule has 5 nitrogen and oxygen atoms in total. The fourth-order valence-corrected chi connectivity index (χ4v) is 2.37. The number of nitrogens with one attached hydrogen (secondary N) is 1. The van der Waals surface area contributed by atoms with E-state index in [4.69, 9.17) is 4.74 Å². The lowest BCUT2D eigenvalue weighted by Crippen LogP contribution is -2.37. The molecule has 0 heterocycles. The Morgan fingerprint density at radius 2 is 1.83 bits per heavy atom. The number of carbonyl (C=O) groups is 1. The largest absolute Gasteiger partial charge is 0.504 e. The smallest absolute Gasteiger partial charge is 0.249 e. The molecule has 0 fully saturated rings. The summed E-state index contributed by atoms with van der Waals surface area (Å²) in [5, 5.41) is 22.3. The topological polar surface area (TPSA) is 78.8 Å². The summed E-state index contributed by atoms with van der Waals surface area (Å²) in [6.45, 7) is 2.39. The molecule has 0 aliphatic heterocycles. The Hall–Kier alpha value is -2.53. The van der Waals surface area contributed by atoms with Crippen LogP contribution in [0.1, 0.15) is 16.7 Å². The summed E-state index contributed by atoms with van der Waals surface area (Å²) >= 11 is 0. The van der Waals surface area contributed by atoms with Gasteiger partial charge in [0.2, 0.25) is 5.91 Å². The molecule has 0 bridgehead atoms. The zero-order valence-electron chi connectivity index (χ0n) is 14.0. The molecule has 0 aromatic heterocycles. The average molecular weight is 329 g/mol. The van der Waals surface area contributed by atoms with Crippen LogP contribution in [-0.4, -0.2) is 35.9 Å². The third-order valence-corrected chi connectivity index (χ3v) is 3.81. The summed E-state index contributed by atoms with van der Waals surface area (Å²) < 4.78 is 5.05. The summed E-state index contributed by atoms with van der Waals surface area (Å²) in [6, 6.07) is 12.8. The first-order valence-electron chi connectivity index (χ1n) is 7.87. The highest BCUT2D eigenvalue weighted by molar-refractivity contribution is 5.80. The lowest BCUT2D eigenvalue weighted by atomic mass is 10.1. The Balaban J connectivity index is 1.81. The SMILES string of the molecule is COc1cc(CCNC(=O)C(O)Cc2ccc(C)cc2)ccc1O. The van der Waals surface area contributed by atoms with Crippen molar-refractivity contribution >= 4 is 5.91 Å². The van der Waals surface area contributed by atoms with Crippen molar-refractivity contribution in [2.45, 2.75) is 25.9 Å². The Labute approximate surface area is 141 Å². The van der Waals surface area contributed by atoms with Crippen LogP contribution in [-0.2, 0) is 17.6 Å². The average Bonchev–Trinajstić information content (AvgIpc) is 2.58. The number of rotatable bonds is 7. The number of hydrogen-bond acceptors (Lipinski definition) is 4. The van der Waals surface area contributed by atoms with Gasteiger partial charge in [0, 0.05) is 13.0 Å². The number of aliphatic hydroxyl groups excluding tert-OH is 1. The van der Waals surface area contributed by atoms with Gasteiger partial charge in [-0.3, -0.25) is 4.79 Å². The first-order valence-corrected chi connectivity index (χ1v) is 7.87. The fraction of sp³-hybridized carbons (Fsp3) is 0.316. The summed E-state index contributed by atoms with van der Waals surface area (Å²) in [5.41, 5.74) is 2.99. The Kier molecular flexibility index (Phi) is 6.21. The van der Waals surface area contributed by atoms with Gasteiger partial charge in [-0.15, -0.1) is 0 Å². The predicted octanol–water partition coefficient (Wildman–Crippen LogP) is 1.97. The minimum Gasteiger partial charge on any atom is -0.504 e. The minimum absolute atomic E-state index is 0.0822. The second-order valence-corrected chi connectivity index (χ2v) is 5.75. The lowest BCUT2D eigenvalue weighted by Gasteiger charge is -2.12. The molecular weight excluding hydrogens is 306 g/mol. The highest BCUT2D eigenvalue weighted by Gasteiger charge is 2.15. The van der Waals surface area contributed by atoms with Crippen LogP contribution in [0.2, 0.25) is 0 Å². The Morgan fingerprint density at radius 3 is 2.50 bits per heavy atom. The molecular formula is C19H23NO4. The van der Waals surface area contributed by atoms with Gasteiger partial charge in [0.25, 0.3) is 0 Å². The fourth-order valence-electron chi connectivity index (χ4n) is 2.37. The summed E-state index contributed by atoms with van der Waals surface area (Å²) in [6.07, 6.45) is -0.194. The van der Waals surface area contributed by atoms with Gasteiger partial charge in [-0.05, 0) is 36.6 Å². The number of phenolic OH excluding ortho intramolecular Hbond substituents is 1. The molecule has 1 unspecified atom stereocenters. The second-order valence-electron chi connectivity index (χ2n) is 5.75. The van der Waals surface area contributed by atoms with Crippen molar-refractivity contribution in [2.24, 2.45) is 0 Å². The normalized spacial score (nSPS) is 11.8. The number of methoxy groups -OCH3 is 1. The van der Waals surface area contributed by atoms with E-state index in [1.807, 2.05) is 31.2 Å². The molecule has 2 aromatic carbocycles. The summed E-state index contributed by atoms with van der Waals surface area (Å²) in [5.74, 6) is 0.0957. The first kappa shape index (κ1) is 17.8. The number of carbonyl (C=O) groups excluding carboxylic acids is 1. The van der Waals surface area contributed by atoms with Crippen LogP contribution in [0.4, 0.5) is 0 Å². The van der Waals surface area contributed by atoms with Crippen LogP contribution in [0.5, 0.6) is 11.5 Å². The quantitative estimate of drug-likeness (QED) is 0.726. The van der Waals surface area contributed by atoms with E-state index in [1.165, 1.54) is 7.11 Å². The maximum Gasteiger partial charge on any atom is 0.249 e. The molecule has 3 N–H and O–H groups in total. The third-order valence-electron chi connectivity index (χ3n) is 3.81. The maximum atomic E-state index is 12.0. The standard InChI is InChI=1S/C19H23NO4/c1-13-3-5-14(6-4-13)11-17(22)19(23)20-10-9-15-7-8-16(21)18(12-15)24-2/h3-8,12,17,21-22H,9-11H2,1-2H3,(H,20,23). The van der Waals surface area contributed by atoms with Crippen molar-refractivity contribution < 1.29 is 19.7 Å². The number of amides is 1. The van der Waals surface area contributed by atoms with E-state index in [-0.39, 0.29) is 11.7 Å². The van der Waals surface area contributed by atoms with E-state index in [0.717, 1.165) is 16.7 Å². The molecule has 0 saturated carbocycles. The highest BCUT2D eigenvalue weighted by atomic mass is 16.5. The second kappa shape index (κ2) is 8.36. The van der Waals surface area contributed by atoms with Crippen LogP contribution in [0.15, 0.2) is 42.5 Å². The van der Waals surface area contributed by atoms with Crippen molar-refractivity contribution in [1.82, 2.24) is 5.32 Å². The van der Waals surface area contributed by atoms with E-state index < -0.39 is 6.10 Å². The van der Waals surface area contributed by atoms with Crippen molar-refractivity contribution in [3.05, 3.63) is 59.2 Å². The molecule has 2 rings (SSSR count). The number of benzene rings is 2. The van der Waals surface area contributed by atoms with Gasteiger partial charge in [0.1, 0.15) is 6.10 Å². The molecule has 2 aromatic rings. The van der Waals surface area contributed by atoms with Gasteiger partial charge in [0.05, 0.1) is 7.11 Å². The molecule has 1 atom stereocenters. The van der Waals surface area contributed by atoms with E-state index in [2.05, 4.69) is 5.32 Å². The maximum absolute atomic E-state index is 12.0. The van der Waals surface area contributed by atoms with E-state index >= 15 is 0 Å². The van der Waals surface area contributed by atoms with Gasteiger partial charge >= 0.3 is 0 Å². The highest BCUT2D eigenvalue weighted by Crippen LogP contribution is 2.26. The van der Waals surface area contributed by atoms with Crippen LogP contribution in [0.3, 0.4) is 0 Å². The molecule has 24 heavy (non-hydrogen) atoms. The Bertz CT molecular complexity index is 682. The van der Waals surface area contributed by atoms with Crippen LogP contribution in [0, 0.1) is 6.92 Å². The molecule has 0 saturated heterocycles. The van der Waals surface area contributed by atoms with Gasteiger partial charge in [-0.2, -0.15) is 0 Å². The lowest BCUT2D eigenvalue weighted by molar-refractivity contribution is -0.129. The van der Waals surface area contributed by atoms with Crippen molar-refractivity contribution in [3.8, 4) is 11.5 Å². The van der Waals surface area contributed by atoms with Crippen LogP contribution in [0.25, 0.3) is 0 Å².